The zero-order chi connectivity index (χ0) is 24.4. The van der Waals surface area contributed by atoms with E-state index in [1.54, 1.807) is 30.3 Å². The van der Waals surface area contributed by atoms with Crippen LogP contribution in [-0.4, -0.2) is 26.0 Å². The fourth-order valence-corrected chi connectivity index (χ4v) is 2.98. The minimum Gasteiger partial charge on any atom is -0.455 e. The molecule has 2 amide bonds. The summed E-state index contributed by atoms with van der Waals surface area (Å²) in [5, 5.41) is 4.99. The number of rotatable bonds is 5. The van der Waals surface area contributed by atoms with Crippen LogP contribution in [-0.2, 0) is 6.18 Å². The maximum atomic E-state index is 12.7. The molecule has 0 fully saturated rings. The molecule has 4 heterocycles. The van der Waals surface area contributed by atoms with Crippen molar-refractivity contribution in [2.45, 2.75) is 6.18 Å². The minimum absolute atomic E-state index is 0.0906. The van der Waals surface area contributed by atoms with Crippen LogP contribution in [0.15, 0.2) is 76.3 Å². The van der Waals surface area contributed by atoms with Crippen molar-refractivity contribution < 1.29 is 31.5 Å². The molecular weight excluding hydrogens is 469 g/mol. The van der Waals surface area contributed by atoms with Crippen LogP contribution in [0.3, 0.4) is 0 Å². The third kappa shape index (κ3) is 4.88. The Kier molecular flexibility index (Phi) is 5.49. The summed E-state index contributed by atoms with van der Waals surface area (Å²) in [5.74, 6) is 1.05. The molecule has 0 spiro atoms. The third-order valence-electron chi connectivity index (χ3n) is 4.61. The van der Waals surface area contributed by atoms with Gasteiger partial charge in [0.05, 0.1) is 11.8 Å². The number of carbonyl (C=O) groups excluding carboxylic acids is 1. The molecule has 10 nitrogen and oxygen atoms in total. The summed E-state index contributed by atoms with van der Waals surface area (Å²) in [6.45, 7) is 0. The van der Waals surface area contributed by atoms with Gasteiger partial charge in [-0.05, 0) is 36.4 Å². The number of pyridine rings is 2. The first-order valence-corrected chi connectivity index (χ1v) is 9.89. The lowest BCUT2D eigenvalue weighted by Crippen LogP contribution is -2.19. The molecule has 0 radical (unpaired) electrons. The van der Waals surface area contributed by atoms with Gasteiger partial charge in [-0.15, -0.1) is 0 Å². The van der Waals surface area contributed by atoms with Gasteiger partial charge in [-0.3, -0.25) is 10.3 Å². The Hall–Kier alpha value is -4.94. The second kappa shape index (κ2) is 8.78. The lowest BCUT2D eigenvalue weighted by atomic mass is 10.2. The number of urea groups is 1. The Morgan fingerprint density at radius 2 is 1.74 bits per heavy atom. The number of fused-ring (bicyclic) bond motifs is 1. The summed E-state index contributed by atoms with van der Waals surface area (Å²) in [6.07, 6.45) is 0.235. The van der Waals surface area contributed by atoms with E-state index in [1.165, 1.54) is 18.8 Å². The van der Waals surface area contributed by atoms with E-state index in [1.807, 2.05) is 0 Å². The number of benzene rings is 1. The molecule has 2 N–H and O–H groups in total. The number of oxazole rings is 2. The van der Waals surface area contributed by atoms with Crippen molar-refractivity contribution in [1.29, 1.82) is 0 Å². The number of carbonyl (C=O) groups is 1. The fourth-order valence-electron chi connectivity index (χ4n) is 2.98. The van der Waals surface area contributed by atoms with Crippen LogP contribution in [0.1, 0.15) is 5.56 Å². The Balaban J connectivity index is 1.19. The van der Waals surface area contributed by atoms with Crippen molar-refractivity contribution in [3.63, 3.8) is 0 Å². The highest BCUT2D eigenvalue weighted by molar-refractivity contribution is 5.98. The number of nitrogens with one attached hydrogen (secondary N) is 2. The van der Waals surface area contributed by atoms with Crippen LogP contribution >= 0.6 is 0 Å². The lowest BCUT2D eigenvalue weighted by molar-refractivity contribution is -0.137. The van der Waals surface area contributed by atoms with Gasteiger partial charge in [-0.1, -0.05) is 0 Å². The summed E-state index contributed by atoms with van der Waals surface area (Å²) in [4.78, 5) is 28.0. The van der Waals surface area contributed by atoms with E-state index in [9.17, 15) is 18.0 Å². The second-order valence-electron chi connectivity index (χ2n) is 6.98. The van der Waals surface area contributed by atoms with Crippen LogP contribution in [0, 0.1) is 0 Å². The zero-order valence-electron chi connectivity index (χ0n) is 17.4. The largest absolute Gasteiger partial charge is 0.455 e. The number of amides is 2. The van der Waals surface area contributed by atoms with Crippen molar-refractivity contribution in [2.75, 3.05) is 10.6 Å². The van der Waals surface area contributed by atoms with E-state index in [-0.39, 0.29) is 17.5 Å². The van der Waals surface area contributed by atoms with E-state index < -0.39 is 17.8 Å². The van der Waals surface area contributed by atoms with Crippen molar-refractivity contribution >= 4 is 29.0 Å². The first-order chi connectivity index (χ1) is 16.8. The molecule has 0 unspecified atom stereocenters. The van der Waals surface area contributed by atoms with Gasteiger partial charge in [0.25, 0.3) is 5.71 Å². The summed E-state index contributed by atoms with van der Waals surface area (Å²) in [7, 11) is 0. The van der Waals surface area contributed by atoms with Crippen LogP contribution in [0.25, 0.3) is 22.7 Å². The highest BCUT2D eigenvalue weighted by atomic mass is 19.4. The molecule has 0 bridgehead atoms. The summed E-state index contributed by atoms with van der Waals surface area (Å²) in [6, 6.07) is 9.38. The predicted molar refractivity (Wildman–Crippen MR) is 116 cm³/mol. The predicted octanol–water partition coefficient (Wildman–Crippen LogP) is 5.73. The Morgan fingerprint density at radius 3 is 2.49 bits per heavy atom. The van der Waals surface area contributed by atoms with Crippen molar-refractivity contribution in [3.05, 3.63) is 73.0 Å². The standard InChI is InChI=1S/C22H13F3N6O4/c23-22(24,25)12-1-6-15(27-9-12)17-10-28-21(35-17)31-20(32)30-13-2-4-14(5-3-13)34-16-7-8-26-19-18(16)29-11-33-19/h1-11H,(H2,28,30,31,32). The molecule has 1 aromatic carbocycles. The van der Waals surface area contributed by atoms with Gasteiger partial charge in [-0.25, -0.2) is 19.7 Å². The number of alkyl halides is 3. The van der Waals surface area contributed by atoms with Gasteiger partial charge in [-0.2, -0.15) is 13.2 Å². The molecule has 4 aromatic heterocycles. The monoisotopic (exact) mass is 482 g/mol. The first-order valence-electron chi connectivity index (χ1n) is 9.89. The normalized spacial score (nSPS) is 11.4. The van der Waals surface area contributed by atoms with Crippen LogP contribution in [0.2, 0.25) is 0 Å². The SMILES string of the molecule is O=C(Nc1ccc(Oc2ccnc3ocnc23)cc1)Nc1ncc(-c2ccc(C(F)(F)F)cn2)o1. The molecule has 35 heavy (non-hydrogen) atoms. The number of nitrogens with zero attached hydrogens (tertiary/aromatic N) is 4. The molecule has 0 atom stereocenters. The Labute approximate surface area is 193 Å². The van der Waals surface area contributed by atoms with E-state index >= 15 is 0 Å². The van der Waals surface area contributed by atoms with Crippen LogP contribution in [0.4, 0.5) is 29.7 Å². The van der Waals surface area contributed by atoms with E-state index in [2.05, 4.69) is 30.6 Å². The van der Waals surface area contributed by atoms with Crippen LogP contribution in [0.5, 0.6) is 11.5 Å². The second-order valence-corrected chi connectivity index (χ2v) is 6.98. The molecule has 0 saturated carbocycles. The van der Waals surface area contributed by atoms with E-state index in [0.717, 1.165) is 12.1 Å². The molecule has 5 rings (SSSR count). The average Bonchev–Trinajstić information content (AvgIpc) is 3.50. The number of aromatic nitrogens is 4. The molecule has 0 aliphatic carbocycles. The molecule has 13 heteroatoms. The number of anilines is 2. The third-order valence-corrected chi connectivity index (χ3v) is 4.61. The fraction of sp³-hybridized carbons (Fsp3) is 0.0455. The topological polar surface area (TPSA) is 128 Å². The van der Waals surface area contributed by atoms with Gasteiger partial charge in [0.2, 0.25) is 0 Å². The van der Waals surface area contributed by atoms with Gasteiger partial charge in [0.15, 0.2) is 23.4 Å². The number of hydrogen-bond donors (Lipinski definition) is 2. The van der Waals surface area contributed by atoms with Gasteiger partial charge in [0, 0.05) is 24.1 Å². The van der Waals surface area contributed by atoms with Gasteiger partial charge >= 0.3 is 18.2 Å². The van der Waals surface area contributed by atoms with Crippen molar-refractivity contribution in [1.82, 2.24) is 19.9 Å². The Bertz CT molecular complexity index is 1480. The Morgan fingerprint density at radius 1 is 0.914 bits per heavy atom. The number of halogens is 3. The van der Waals surface area contributed by atoms with Crippen molar-refractivity contribution in [2.24, 2.45) is 0 Å². The van der Waals surface area contributed by atoms with Gasteiger partial charge in [0.1, 0.15) is 11.4 Å². The molecule has 0 saturated heterocycles. The maximum absolute atomic E-state index is 12.7. The molecule has 176 valence electrons. The zero-order valence-corrected chi connectivity index (χ0v) is 17.4. The highest BCUT2D eigenvalue weighted by Gasteiger charge is 2.30. The summed E-state index contributed by atoms with van der Waals surface area (Å²) < 4.78 is 54.3. The van der Waals surface area contributed by atoms with Crippen LogP contribution < -0.4 is 15.4 Å². The van der Waals surface area contributed by atoms with E-state index in [4.69, 9.17) is 13.6 Å². The number of hydrogen-bond acceptors (Lipinski definition) is 8. The van der Waals surface area contributed by atoms with Crippen molar-refractivity contribution in [3.8, 4) is 23.0 Å². The molecule has 5 aromatic rings. The summed E-state index contributed by atoms with van der Waals surface area (Å²) >= 11 is 0. The molecule has 0 aliphatic heterocycles. The maximum Gasteiger partial charge on any atom is 0.417 e. The number of ether oxygens (including phenoxy) is 1. The molecule has 0 aliphatic rings. The van der Waals surface area contributed by atoms with Gasteiger partial charge < -0.3 is 18.9 Å². The average molecular weight is 482 g/mol. The first kappa shape index (κ1) is 21.9. The lowest BCUT2D eigenvalue weighted by Gasteiger charge is -2.08. The van der Waals surface area contributed by atoms with E-state index in [0.29, 0.717) is 34.6 Å². The minimum atomic E-state index is -4.50. The summed E-state index contributed by atoms with van der Waals surface area (Å²) in [5.41, 5.74) is 0.522. The molecular formula is C22H13F3N6O4. The smallest absolute Gasteiger partial charge is 0.417 e. The highest BCUT2D eigenvalue weighted by Crippen LogP contribution is 2.30. The quantitative estimate of drug-likeness (QED) is 0.325.